The minimum absolute atomic E-state index is 0.0664. The molecule has 0 radical (unpaired) electrons. The number of nitrogens with one attached hydrogen (secondary N) is 1. The largest absolute Gasteiger partial charge is 0.454 e. The molecular weight excluding hydrogens is 314 g/mol. The minimum atomic E-state index is -0.807. The molecule has 1 aromatic carbocycles. The summed E-state index contributed by atoms with van der Waals surface area (Å²) in [5.74, 6) is -1.73. The zero-order chi connectivity index (χ0) is 17.7. The van der Waals surface area contributed by atoms with E-state index in [0.29, 0.717) is 6.54 Å². The number of rotatable bonds is 6. The molecule has 1 heterocycles. The molecule has 0 aromatic heterocycles. The van der Waals surface area contributed by atoms with Crippen molar-refractivity contribution in [2.75, 3.05) is 26.7 Å². The number of nitrogens with zero attached hydrogens (tertiary/aromatic N) is 2. The molecule has 0 spiro atoms. The minimum Gasteiger partial charge on any atom is -0.454 e. The normalized spacial score (nSPS) is 14.1. The average molecular weight is 333 g/mol. The molecular formula is C16H19N3O5. The molecule has 0 aliphatic carbocycles. The first-order chi connectivity index (χ1) is 11.4. The standard InChI is InChI=1S/C16H19N3O5/c1-11-5-3-4-6-12(11)7-17-13(20)10-24-15(22)9-19-14(21)8-18(2)16(19)23/h3-6H,7-10H2,1-2H3,(H,17,20). The number of esters is 1. The van der Waals surface area contributed by atoms with Gasteiger partial charge in [0.25, 0.3) is 11.8 Å². The fraction of sp³-hybridized carbons (Fsp3) is 0.375. The maximum absolute atomic E-state index is 11.7. The van der Waals surface area contributed by atoms with E-state index in [-0.39, 0.29) is 6.54 Å². The molecule has 4 amide bonds. The Balaban J connectivity index is 1.74. The Labute approximate surface area is 139 Å². The van der Waals surface area contributed by atoms with Crippen molar-refractivity contribution >= 4 is 23.8 Å². The number of amides is 4. The van der Waals surface area contributed by atoms with Crippen molar-refractivity contribution in [2.45, 2.75) is 13.5 Å². The van der Waals surface area contributed by atoms with E-state index in [1.54, 1.807) is 0 Å². The van der Waals surface area contributed by atoms with Crippen LogP contribution in [0.15, 0.2) is 24.3 Å². The van der Waals surface area contributed by atoms with E-state index in [0.717, 1.165) is 16.0 Å². The van der Waals surface area contributed by atoms with Gasteiger partial charge in [-0.3, -0.25) is 19.3 Å². The van der Waals surface area contributed by atoms with E-state index in [9.17, 15) is 19.2 Å². The van der Waals surface area contributed by atoms with Gasteiger partial charge in [0.05, 0.1) is 0 Å². The molecule has 2 rings (SSSR count). The van der Waals surface area contributed by atoms with Gasteiger partial charge in [0, 0.05) is 13.6 Å². The predicted molar refractivity (Wildman–Crippen MR) is 83.7 cm³/mol. The second kappa shape index (κ2) is 7.58. The Kier molecular flexibility index (Phi) is 5.51. The molecule has 0 saturated carbocycles. The molecule has 0 atom stereocenters. The number of urea groups is 1. The van der Waals surface area contributed by atoms with Crippen molar-refractivity contribution in [1.82, 2.24) is 15.1 Å². The van der Waals surface area contributed by atoms with Gasteiger partial charge in [-0.2, -0.15) is 0 Å². The van der Waals surface area contributed by atoms with Crippen molar-refractivity contribution in [3.05, 3.63) is 35.4 Å². The Bertz CT molecular complexity index is 673. The maximum atomic E-state index is 11.7. The Morgan fingerprint density at radius 1 is 1.25 bits per heavy atom. The van der Waals surface area contributed by atoms with Gasteiger partial charge >= 0.3 is 12.0 Å². The fourth-order valence-corrected chi connectivity index (χ4v) is 2.20. The second-order valence-electron chi connectivity index (χ2n) is 5.48. The SMILES string of the molecule is Cc1ccccc1CNC(=O)COC(=O)CN1C(=O)CN(C)C1=O. The van der Waals surface area contributed by atoms with Crippen LogP contribution in [0.2, 0.25) is 0 Å². The molecule has 1 aliphatic heterocycles. The number of ether oxygens (including phenoxy) is 1. The van der Waals surface area contributed by atoms with Gasteiger partial charge in [0.2, 0.25) is 0 Å². The summed E-state index contributed by atoms with van der Waals surface area (Å²) < 4.78 is 4.80. The highest BCUT2D eigenvalue weighted by molar-refractivity contribution is 6.04. The van der Waals surface area contributed by atoms with E-state index in [4.69, 9.17) is 4.74 Å². The van der Waals surface area contributed by atoms with Crippen LogP contribution < -0.4 is 5.32 Å². The van der Waals surface area contributed by atoms with Crippen LogP contribution in [0.5, 0.6) is 0 Å². The summed E-state index contributed by atoms with van der Waals surface area (Å²) in [5.41, 5.74) is 2.01. The summed E-state index contributed by atoms with van der Waals surface area (Å²) in [4.78, 5) is 48.5. The molecule has 8 nitrogen and oxygen atoms in total. The molecule has 1 fully saturated rings. The number of hydrogen-bond acceptors (Lipinski definition) is 5. The zero-order valence-corrected chi connectivity index (χ0v) is 13.6. The Hall–Kier alpha value is -2.90. The van der Waals surface area contributed by atoms with Crippen LogP contribution in [0.25, 0.3) is 0 Å². The van der Waals surface area contributed by atoms with E-state index in [1.807, 2.05) is 31.2 Å². The Morgan fingerprint density at radius 3 is 2.58 bits per heavy atom. The summed E-state index contributed by atoms with van der Waals surface area (Å²) in [5, 5.41) is 2.64. The van der Waals surface area contributed by atoms with Gasteiger partial charge < -0.3 is 15.0 Å². The predicted octanol–water partition coefficient (Wildman–Crippen LogP) is 0.0484. The second-order valence-corrected chi connectivity index (χ2v) is 5.48. The topological polar surface area (TPSA) is 96.0 Å². The van der Waals surface area contributed by atoms with E-state index < -0.39 is 37.0 Å². The van der Waals surface area contributed by atoms with Crippen LogP contribution in [0.3, 0.4) is 0 Å². The fourth-order valence-electron chi connectivity index (χ4n) is 2.20. The van der Waals surface area contributed by atoms with Crippen LogP contribution in [-0.2, 0) is 25.7 Å². The summed E-state index contributed by atoms with van der Waals surface area (Å²) in [6.45, 7) is 1.24. The molecule has 0 bridgehead atoms. The van der Waals surface area contributed by atoms with Gasteiger partial charge in [-0.05, 0) is 18.1 Å². The number of aryl methyl sites for hydroxylation is 1. The molecule has 1 N–H and O–H groups in total. The van der Waals surface area contributed by atoms with Gasteiger partial charge in [-0.15, -0.1) is 0 Å². The van der Waals surface area contributed by atoms with Gasteiger partial charge in [0.1, 0.15) is 13.1 Å². The molecule has 128 valence electrons. The third-order valence-electron chi connectivity index (χ3n) is 3.62. The van der Waals surface area contributed by atoms with Gasteiger partial charge in [-0.1, -0.05) is 24.3 Å². The first-order valence-corrected chi connectivity index (χ1v) is 7.40. The lowest BCUT2D eigenvalue weighted by molar-refractivity contribution is -0.150. The zero-order valence-electron chi connectivity index (χ0n) is 13.6. The number of carbonyl (C=O) groups excluding carboxylic acids is 4. The Morgan fingerprint density at radius 2 is 1.96 bits per heavy atom. The summed E-state index contributed by atoms with van der Waals surface area (Å²) in [6, 6.07) is 7.04. The van der Waals surface area contributed by atoms with Crippen LogP contribution >= 0.6 is 0 Å². The van der Waals surface area contributed by atoms with Crippen LogP contribution in [0.1, 0.15) is 11.1 Å². The number of imide groups is 1. The first-order valence-electron chi connectivity index (χ1n) is 7.40. The summed E-state index contributed by atoms with van der Waals surface area (Å²) in [6.07, 6.45) is 0. The van der Waals surface area contributed by atoms with Crippen LogP contribution in [-0.4, -0.2) is 60.4 Å². The highest BCUT2D eigenvalue weighted by Gasteiger charge is 2.35. The molecule has 0 unspecified atom stereocenters. The van der Waals surface area contributed by atoms with Crippen LogP contribution in [0, 0.1) is 6.92 Å². The molecule has 1 saturated heterocycles. The summed E-state index contributed by atoms with van der Waals surface area (Å²) in [7, 11) is 1.46. The van der Waals surface area contributed by atoms with Crippen molar-refractivity contribution in [3.63, 3.8) is 0 Å². The lowest BCUT2D eigenvalue weighted by Gasteiger charge is -2.13. The monoisotopic (exact) mass is 333 g/mol. The lowest BCUT2D eigenvalue weighted by atomic mass is 10.1. The maximum Gasteiger partial charge on any atom is 0.327 e. The van der Waals surface area contributed by atoms with Crippen molar-refractivity contribution < 1.29 is 23.9 Å². The number of likely N-dealkylation sites (N-methyl/N-ethyl adjacent to an activating group) is 1. The quantitative estimate of drug-likeness (QED) is 0.586. The molecule has 24 heavy (non-hydrogen) atoms. The summed E-state index contributed by atoms with van der Waals surface area (Å²) >= 11 is 0. The van der Waals surface area contributed by atoms with Gasteiger partial charge in [-0.25, -0.2) is 4.79 Å². The van der Waals surface area contributed by atoms with Crippen molar-refractivity contribution in [2.24, 2.45) is 0 Å². The smallest absolute Gasteiger partial charge is 0.327 e. The van der Waals surface area contributed by atoms with E-state index in [1.165, 1.54) is 11.9 Å². The first kappa shape index (κ1) is 17.5. The number of benzene rings is 1. The van der Waals surface area contributed by atoms with E-state index in [2.05, 4.69) is 5.32 Å². The van der Waals surface area contributed by atoms with Gasteiger partial charge in [0.15, 0.2) is 6.61 Å². The number of carbonyl (C=O) groups is 4. The molecule has 1 aromatic rings. The van der Waals surface area contributed by atoms with E-state index >= 15 is 0 Å². The third kappa shape index (κ3) is 4.31. The van der Waals surface area contributed by atoms with Crippen molar-refractivity contribution in [3.8, 4) is 0 Å². The molecule has 8 heteroatoms. The average Bonchev–Trinajstić information content (AvgIpc) is 2.78. The number of hydrogen-bond donors (Lipinski definition) is 1. The third-order valence-corrected chi connectivity index (χ3v) is 3.62. The van der Waals surface area contributed by atoms with Crippen molar-refractivity contribution in [1.29, 1.82) is 0 Å². The highest BCUT2D eigenvalue weighted by atomic mass is 16.5. The molecule has 1 aliphatic rings. The lowest BCUT2D eigenvalue weighted by Crippen LogP contribution is -2.38. The van der Waals surface area contributed by atoms with Crippen LogP contribution in [0.4, 0.5) is 4.79 Å². The highest BCUT2D eigenvalue weighted by Crippen LogP contribution is 2.08.